The summed E-state index contributed by atoms with van der Waals surface area (Å²) < 4.78 is 27.3. The molecule has 78 valence electrons. The van der Waals surface area contributed by atoms with Gasteiger partial charge in [-0.3, -0.25) is 0 Å². The average molecular weight is 198 g/mol. The van der Waals surface area contributed by atoms with E-state index in [1.165, 1.54) is 0 Å². The van der Waals surface area contributed by atoms with Gasteiger partial charge < -0.3 is 0 Å². The highest BCUT2D eigenvalue weighted by Crippen LogP contribution is 2.44. The van der Waals surface area contributed by atoms with Crippen LogP contribution in [0.2, 0.25) is 5.31 Å². The van der Waals surface area contributed by atoms with Gasteiger partial charge in [-0.2, -0.15) is 8.78 Å². The standard InChI is InChI=1S/C11H17BF2/c1-10(2,12)9-7-5-3-4-6-8-11(9,13)14/h9H,3-5,7,12H2,1-2H3. The summed E-state index contributed by atoms with van der Waals surface area (Å²) in [4.78, 5) is 0. The topological polar surface area (TPSA) is 0 Å². The minimum Gasteiger partial charge on any atom is -0.192 e. The van der Waals surface area contributed by atoms with E-state index in [0.29, 0.717) is 12.8 Å². The first-order valence-electron chi connectivity index (χ1n) is 5.22. The lowest BCUT2D eigenvalue weighted by molar-refractivity contribution is -0.0205. The molecule has 0 saturated carbocycles. The van der Waals surface area contributed by atoms with E-state index < -0.39 is 11.8 Å². The third-order valence-corrected chi connectivity index (χ3v) is 2.78. The van der Waals surface area contributed by atoms with Gasteiger partial charge in [0.05, 0.1) is 0 Å². The van der Waals surface area contributed by atoms with Crippen LogP contribution < -0.4 is 0 Å². The molecular weight excluding hydrogens is 181 g/mol. The second-order valence-corrected chi connectivity index (χ2v) is 5.09. The normalized spacial score (nSPS) is 27.0. The average Bonchev–Trinajstić information content (AvgIpc) is 1.95. The minimum absolute atomic E-state index is 0.366. The van der Waals surface area contributed by atoms with E-state index in [1.54, 1.807) is 0 Å². The lowest BCUT2D eigenvalue weighted by Crippen LogP contribution is -2.35. The van der Waals surface area contributed by atoms with E-state index in [-0.39, 0.29) is 5.31 Å². The van der Waals surface area contributed by atoms with Crippen LogP contribution in [0.1, 0.15) is 39.5 Å². The van der Waals surface area contributed by atoms with Crippen molar-refractivity contribution < 1.29 is 8.78 Å². The van der Waals surface area contributed by atoms with Gasteiger partial charge in [0.25, 0.3) is 0 Å². The molecule has 1 aliphatic rings. The summed E-state index contributed by atoms with van der Waals surface area (Å²) in [6.07, 6.45) is 3.03. The number of hydrogen-bond acceptors (Lipinski definition) is 0. The smallest absolute Gasteiger partial charge is 0.192 e. The molecule has 0 fully saturated rings. The van der Waals surface area contributed by atoms with E-state index in [9.17, 15) is 8.78 Å². The summed E-state index contributed by atoms with van der Waals surface area (Å²) in [6.45, 7) is 3.74. The Morgan fingerprint density at radius 3 is 2.57 bits per heavy atom. The van der Waals surface area contributed by atoms with Crippen LogP contribution in [0, 0.1) is 17.8 Å². The maximum atomic E-state index is 13.6. The van der Waals surface area contributed by atoms with Gasteiger partial charge in [-0.1, -0.05) is 31.5 Å². The van der Waals surface area contributed by atoms with Gasteiger partial charge in [-0.05, 0) is 18.8 Å². The van der Waals surface area contributed by atoms with E-state index >= 15 is 0 Å². The fourth-order valence-corrected chi connectivity index (χ4v) is 1.99. The predicted octanol–water partition coefficient (Wildman–Crippen LogP) is 2.65. The molecule has 0 nitrogen and oxygen atoms in total. The maximum Gasteiger partial charge on any atom is 0.310 e. The van der Waals surface area contributed by atoms with Crippen LogP contribution in [0.25, 0.3) is 0 Å². The van der Waals surface area contributed by atoms with Crippen LogP contribution in [0.15, 0.2) is 0 Å². The summed E-state index contributed by atoms with van der Waals surface area (Å²) in [5.41, 5.74) is 0. The molecular formula is C11H17BF2. The molecule has 3 heteroatoms. The molecule has 0 aromatic rings. The molecule has 0 aromatic carbocycles. The Kier molecular flexibility index (Phi) is 3.24. The van der Waals surface area contributed by atoms with Crippen molar-refractivity contribution in [3.8, 4) is 11.8 Å². The van der Waals surface area contributed by atoms with Crippen molar-refractivity contribution in [3.05, 3.63) is 0 Å². The third kappa shape index (κ3) is 2.74. The van der Waals surface area contributed by atoms with Gasteiger partial charge in [0.1, 0.15) is 7.85 Å². The van der Waals surface area contributed by atoms with Gasteiger partial charge in [-0.15, -0.1) is 0 Å². The van der Waals surface area contributed by atoms with Gasteiger partial charge in [-0.25, -0.2) is 0 Å². The first kappa shape index (κ1) is 11.6. The van der Waals surface area contributed by atoms with E-state index in [0.717, 1.165) is 12.8 Å². The van der Waals surface area contributed by atoms with Crippen LogP contribution >= 0.6 is 0 Å². The molecule has 0 amide bonds. The van der Waals surface area contributed by atoms with Crippen LogP contribution in [0.5, 0.6) is 0 Å². The quantitative estimate of drug-likeness (QED) is 0.448. The zero-order valence-electron chi connectivity index (χ0n) is 9.16. The molecule has 1 atom stereocenters. The summed E-state index contributed by atoms with van der Waals surface area (Å²) in [5.74, 6) is 1.30. The molecule has 1 rings (SSSR count). The lowest BCUT2D eigenvalue weighted by atomic mass is 9.60. The molecule has 14 heavy (non-hydrogen) atoms. The Labute approximate surface area is 85.9 Å². The molecule has 0 radical (unpaired) electrons. The molecule has 0 spiro atoms. The van der Waals surface area contributed by atoms with Crippen LogP contribution in [0.3, 0.4) is 0 Å². The summed E-state index contributed by atoms with van der Waals surface area (Å²) >= 11 is 0. The Bertz CT molecular complexity index is 255. The monoisotopic (exact) mass is 198 g/mol. The van der Waals surface area contributed by atoms with Gasteiger partial charge in [0.15, 0.2) is 0 Å². The van der Waals surface area contributed by atoms with Gasteiger partial charge >= 0.3 is 5.92 Å². The lowest BCUT2D eigenvalue weighted by Gasteiger charge is -2.35. The summed E-state index contributed by atoms with van der Waals surface area (Å²) in [7, 11) is 1.87. The molecule has 0 bridgehead atoms. The predicted molar refractivity (Wildman–Crippen MR) is 57.3 cm³/mol. The molecule has 0 saturated heterocycles. The molecule has 0 aromatic heterocycles. The molecule has 0 N–H and O–H groups in total. The van der Waals surface area contributed by atoms with Crippen molar-refractivity contribution >= 4 is 7.85 Å². The van der Waals surface area contributed by atoms with Gasteiger partial charge in [0.2, 0.25) is 0 Å². The van der Waals surface area contributed by atoms with E-state index in [4.69, 9.17) is 0 Å². The zero-order valence-corrected chi connectivity index (χ0v) is 9.16. The third-order valence-electron chi connectivity index (χ3n) is 2.78. The SMILES string of the molecule is BC(C)(C)C1CCCCC#CC1(F)F. The Morgan fingerprint density at radius 1 is 1.36 bits per heavy atom. The zero-order chi connectivity index (χ0) is 10.8. The second-order valence-electron chi connectivity index (χ2n) is 5.09. The highest BCUT2D eigenvalue weighted by atomic mass is 19.3. The second kappa shape index (κ2) is 3.92. The molecule has 0 heterocycles. The summed E-state index contributed by atoms with van der Waals surface area (Å²) in [5, 5.41) is -0.366. The minimum atomic E-state index is -2.81. The number of halogens is 2. The van der Waals surface area contributed by atoms with Crippen molar-refractivity contribution in [2.75, 3.05) is 0 Å². The van der Waals surface area contributed by atoms with Crippen molar-refractivity contribution in [1.29, 1.82) is 0 Å². The van der Waals surface area contributed by atoms with Gasteiger partial charge in [0, 0.05) is 12.3 Å². The van der Waals surface area contributed by atoms with Crippen LogP contribution in [0.4, 0.5) is 8.78 Å². The Morgan fingerprint density at radius 2 is 2.00 bits per heavy atom. The Hall–Kier alpha value is -0.515. The number of rotatable bonds is 1. The van der Waals surface area contributed by atoms with Crippen LogP contribution in [-0.4, -0.2) is 13.8 Å². The van der Waals surface area contributed by atoms with Crippen molar-refractivity contribution in [2.45, 2.75) is 50.8 Å². The largest absolute Gasteiger partial charge is 0.310 e. The summed E-state index contributed by atoms with van der Waals surface area (Å²) in [6, 6.07) is 0. The van der Waals surface area contributed by atoms with Crippen molar-refractivity contribution in [2.24, 2.45) is 5.92 Å². The number of hydrogen-bond donors (Lipinski definition) is 0. The first-order valence-corrected chi connectivity index (χ1v) is 5.22. The van der Waals surface area contributed by atoms with Crippen LogP contribution in [-0.2, 0) is 0 Å². The van der Waals surface area contributed by atoms with Crippen molar-refractivity contribution in [3.63, 3.8) is 0 Å². The maximum absolute atomic E-state index is 13.6. The first-order chi connectivity index (χ1) is 6.34. The number of alkyl halides is 2. The fraction of sp³-hybridized carbons (Fsp3) is 0.818. The highest BCUT2D eigenvalue weighted by Gasteiger charge is 2.44. The molecule has 1 aliphatic carbocycles. The highest BCUT2D eigenvalue weighted by molar-refractivity contribution is 6.14. The van der Waals surface area contributed by atoms with E-state index in [1.807, 2.05) is 21.7 Å². The van der Waals surface area contributed by atoms with Crippen molar-refractivity contribution in [1.82, 2.24) is 0 Å². The fourth-order valence-electron chi connectivity index (χ4n) is 1.99. The Balaban J connectivity index is 2.92. The van der Waals surface area contributed by atoms with E-state index in [2.05, 4.69) is 11.8 Å². The molecule has 0 aliphatic heterocycles. The molecule has 1 unspecified atom stereocenters.